The van der Waals surface area contributed by atoms with Crippen LogP contribution in [-0.4, -0.2) is 31.6 Å². The lowest BCUT2D eigenvalue weighted by atomic mass is 10.2. The fraction of sp³-hybridized carbons (Fsp3) is 0.444. The quantitative estimate of drug-likeness (QED) is 0.597. The summed E-state index contributed by atoms with van der Waals surface area (Å²) in [5.41, 5.74) is 2.29. The van der Waals surface area contributed by atoms with Crippen molar-refractivity contribution in [3.05, 3.63) is 45.9 Å². The Morgan fingerprint density at radius 3 is 2.83 bits per heavy atom. The molecule has 0 atom stereocenters. The van der Waals surface area contributed by atoms with Gasteiger partial charge in [-0.1, -0.05) is 26.0 Å². The number of nitrogens with one attached hydrogen (secondary N) is 2. The highest BCUT2D eigenvalue weighted by Crippen LogP contribution is 2.19. The van der Waals surface area contributed by atoms with Gasteiger partial charge in [0.05, 0.1) is 17.8 Å². The second-order valence-electron chi connectivity index (χ2n) is 5.79. The van der Waals surface area contributed by atoms with Crippen molar-refractivity contribution in [3.63, 3.8) is 0 Å². The third-order valence-corrected chi connectivity index (χ3v) is 4.75. The van der Waals surface area contributed by atoms with E-state index in [1.54, 1.807) is 25.5 Å². The van der Waals surface area contributed by atoms with Crippen molar-refractivity contribution >= 4 is 17.3 Å². The van der Waals surface area contributed by atoms with Crippen molar-refractivity contribution < 1.29 is 4.74 Å². The van der Waals surface area contributed by atoms with E-state index in [0.717, 1.165) is 35.9 Å². The van der Waals surface area contributed by atoms with Crippen LogP contribution in [0.2, 0.25) is 0 Å². The van der Waals surface area contributed by atoms with Gasteiger partial charge in [-0.15, -0.1) is 11.3 Å². The maximum absolute atomic E-state index is 5.24. The van der Waals surface area contributed by atoms with Gasteiger partial charge in [0, 0.05) is 37.9 Å². The normalized spacial score (nSPS) is 11.6. The van der Waals surface area contributed by atoms with Crippen molar-refractivity contribution in [3.8, 4) is 5.75 Å². The number of benzene rings is 1. The molecule has 6 heteroatoms. The van der Waals surface area contributed by atoms with Gasteiger partial charge >= 0.3 is 0 Å². The molecule has 0 aliphatic heterocycles. The van der Waals surface area contributed by atoms with Crippen LogP contribution >= 0.6 is 11.3 Å². The number of nitrogens with zero attached hydrogens (tertiary/aromatic N) is 2. The molecule has 5 nitrogen and oxygen atoms in total. The summed E-state index contributed by atoms with van der Waals surface area (Å²) >= 11 is 1.74. The number of rotatable bonds is 7. The molecule has 0 saturated heterocycles. The summed E-state index contributed by atoms with van der Waals surface area (Å²) in [5.74, 6) is 2.15. The number of hydrogen-bond donors (Lipinski definition) is 2. The average Bonchev–Trinajstić information content (AvgIpc) is 3.07. The Labute approximate surface area is 148 Å². The number of aliphatic imine (C=N–C) groups is 1. The van der Waals surface area contributed by atoms with Crippen molar-refractivity contribution in [1.82, 2.24) is 15.6 Å². The van der Waals surface area contributed by atoms with E-state index in [1.807, 2.05) is 18.2 Å². The monoisotopic (exact) mass is 346 g/mol. The molecule has 1 aromatic heterocycles. The highest BCUT2D eigenvalue weighted by Gasteiger charge is 2.06. The van der Waals surface area contributed by atoms with Crippen LogP contribution in [0.4, 0.5) is 0 Å². The summed E-state index contributed by atoms with van der Waals surface area (Å²) in [4.78, 5) is 8.91. The SMILES string of the molecule is CN=C(NCCc1csc(C(C)C)n1)NCc1cccc(OC)c1. The molecule has 0 saturated carbocycles. The molecule has 0 unspecified atom stereocenters. The molecular formula is C18H26N4OS. The minimum atomic E-state index is 0.494. The molecule has 1 heterocycles. The first kappa shape index (κ1) is 18.3. The number of thiazole rings is 1. The van der Waals surface area contributed by atoms with Gasteiger partial charge in [0.2, 0.25) is 0 Å². The molecule has 0 bridgehead atoms. The Bertz CT molecular complexity index is 667. The fourth-order valence-electron chi connectivity index (χ4n) is 2.20. The lowest BCUT2D eigenvalue weighted by molar-refractivity contribution is 0.414. The zero-order chi connectivity index (χ0) is 17.4. The van der Waals surface area contributed by atoms with Gasteiger partial charge in [-0.25, -0.2) is 4.98 Å². The Morgan fingerprint density at radius 2 is 2.17 bits per heavy atom. The second kappa shape index (κ2) is 9.27. The number of hydrogen-bond acceptors (Lipinski definition) is 4. The molecule has 0 fully saturated rings. The second-order valence-corrected chi connectivity index (χ2v) is 6.68. The minimum Gasteiger partial charge on any atom is -0.497 e. The van der Waals surface area contributed by atoms with Crippen LogP contribution in [0.25, 0.3) is 0 Å². The van der Waals surface area contributed by atoms with Gasteiger partial charge < -0.3 is 15.4 Å². The first-order valence-electron chi connectivity index (χ1n) is 8.14. The topological polar surface area (TPSA) is 58.5 Å². The predicted octanol–water partition coefficient (Wildman–Crippen LogP) is 3.18. The molecule has 0 radical (unpaired) electrons. The van der Waals surface area contributed by atoms with E-state index >= 15 is 0 Å². The minimum absolute atomic E-state index is 0.494. The number of guanidine groups is 1. The summed E-state index contributed by atoms with van der Waals surface area (Å²) in [6.45, 7) is 5.85. The third-order valence-electron chi connectivity index (χ3n) is 3.55. The van der Waals surface area contributed by atoms with E-state index in [0.29, 0.717) is 12.5 Å². The summed E-state index contributed by atoms with van der Waals surface area (Å²) < 4.78 is 5.24. The molecule has 0 aliphatic carbocycles. The molecule has 1 aromatic carbocycles. The zero-order valence-corrected chi connectivity index (χ0v) is 15.6. The Kier molecular flexibility index (Phi) is 7.06. The maximum atomic E-state index is 5.24. The maximum Gasteiger partial charge on any atom is 0.191 e. The van der Waals surface area contributed by atoms with Gasteiger partial charge in [0.15, 0.2) is 5.96 Å². The van der Waals surface area contributed by atoms with Crippen LogP contribution in [-0.2, 0) is 13.0 Å². The number of ether oxygens (including phenoxy) is 1. The first-order valence-corrected chi connectivity index (χ1v) is 9.02. The fourth-order valence-corrected chi connectivity index (χ4v) is 3.07. The van der Waals surface area contributed by atoms with Crippen molar-refractivity contribution in [2.24, 2.45) is 4.99 Å². The van der Waals surface area contributed by atoms with Gasteiger partial charge in [-0.3, -0.25) is 4.99 Å². The van der Waals surface area contributed by atoms with Gasteiger partial charge in [-0.05, 0) is 17.7 Å². The summed E-state index contributed by atoms with van der Waals surface area (Å²) in [5, 5.41) is 9.98. The largest absolute Gasteiger partial charge is 0.497 e. The molecular weight excluding hydrogens is 320 g/mol. The van der Waals surface area contributed by atoms with Crippen molar-refractivity contribution in [1.29, 1.82) is 0 Å². The molecule has 0 spiro atoms. The molecule has 2 N–H and O–H groups in total. The molecule has 2 rings (SSSR count). The summed E-state index contributed by atoms with van der Waals surface area (Å²) in [7, 11) is 3.46. The van der Waals surface area contributed by atoms with Crippen LogP contribution in [0, 0.1) is 0 Å². The van der Waals surface area contributed by atoms with E-state index < -0.39 is 0 Å². The van der Waals surface area contributed by atoms with E-state index in [1.165, 1.54) is 5.01 Å². The van der Waals surface area contributed by atoms with Gasteiger partial charge in [-0.2, -0.15) is 0 Å². The lowest BCUT2D eigenvalue weighted by Crippen LogP contribution is -2.37. The van der Waals surface area contributed by atoms with Crippen LogP contribution in [0.5, 0.6) is 5.75 Å². The highest BCUT2D eigenvalue weighted by molar-refractivity contribution is 7.09. The smallest absolute Gasteiger partial charge is 0.191 e. The number of methoxy groups -OCH3 is 1. The molecule has 130 valence electrons. The summed E-state index contributed by atoms with van der Waals surface area (Å²) in [6, 6.07) is 8.00. The highest BCUT2D eigenvalue weighted by atomic mass is 32.1. The third kappa shape index (κ3) is 5.53. The zero-order valence-electron chi connectivity index (χ0n) is 14.8. The van der Waals surface area contributed by atoms with Crippen LogP contribution in [0.1, 0.15) is 36.0 Å². The Morgan fingerprint density at radius 1 is 1.33 bits per heavy atom. The van der Waals surface area contributed by atoms with Crippen LogP contribution < -0.4 is 15.4 Å². The van der Waals surface area contributed by atoms with Crippen molar-refractivity contribution in [2.45, 2.75) is 32.7 Å². The van der Waals surface area contributed by atoms with Gasteiger partial charge in [0.1, 0.15) is 5.75 Å². The Balaban J connectivity index is 1.77. The first-order chi connectivity index (χ1) is 11.6. The Hall–Kier alpha value is -2.08. The van der Waals surface area contributed by atoms with E-state index in [9.17, 15) is 0 Å². The standard InChI is InChI=1S/C18H26N4OS/c1-13(2)17-22-15(12-24-17)8-9-20-18(19-3)21-11-14-6-5-7-16(10-14)23-4/h5-7,10,12-13H,8-9,11H2,1-4H3,(H2,19,20,21). The van der Waals surface area contributed by atoms with Crippen LogP contribution in [0.3, 0.4) is 0 Å². The molecule has 0 aliphatic rings. The van der Waals surface area contributed by atoms with Crippen LogP contribution in [0.15, 0.2) is 34.6 Å². The van der Waals surface area contributed by atoms with E-state index in [4.69, 9.17) is 4.74 Å². The molecule has 0 amide bonds. The lowest BCUT2D eigenvalue weighted by Gasteiger charge is -2.12. The molecule has 2 aromatic rings. The average molecular weight is 347 g/mol. The predicted molar refractivity (Wildman–Crippen MR) is 101 cm³/mol. The summed E-state index contributed by atoms with van der Waals surface area (Å²) in [6.07, 6.45) is 0.892. The van der Waals surface area contributed by atoms with Crippen molar-refractivity contribution in [2.75, 3.05) is 20.7 Å². The van der Waals surface area contributed by atoms with Gasteiger partial charge in [0.25, 0.3) is 0 Å². The number of aromatic nitrogens is 1. The van der Waals surface area contributed by atoms with E-state index in [2.05, 4.69) is 45.9 Å². The van der Waals surface area contributed by atoms with E-state index in [-0.39, 0.29) is 0 Å². The molecule has 24 heavy (non-hydrogen) atoms.